The lowest BCUT2D eigenvalue weighted by Crippen LogP contribution is -2.16. The molecule has 0 amide bonds. The second kappa shape index (κ2) is 4.37. The van der Waals surface area contributed by atoms with Crippen molar-refractivity contribution in [2.75, 3.05) is 6.26 Å². The van der Waals surface area contributed by atoms with Crippen LogP contribution in [0.25, 0.3) is 16.4 Å². The van der Waals surface area contributed by atoms with E-state index < -0.39 is 0 Å². The maximum absolute atomic E-state index is 12.4. The van der Waals surface area contributed by atoms with E-state index >= 15 is 0 Å². The van der Waals surface area contributed by atoms with Crippen LogP contribution in [-0.2, 0) is 0 Å². The van der Waals surface area contributed by atoms with Crippen LogP contribution in [0.15, 0.2) is 40.5 Å². The van der Waals surface area contributed by atoms with Gasteiger partial charge in [0, 0.05) is 17.8 Å². The first-order valence-corrected chi connectivity index (χ1v) is 6.73. The molecule has 0 N–H and O–H groups in total. The van der Waals surface area contributed by atoms with E-state index in [1.807, 2.05) is 6.26 Å². The van der Waals surface area contributed by atoms with Gasteiger partial charge in [0.2, 0.25) is 0 Å². The topological polar surface area (TPSA) is 71.1 Å². The minimum atomic E-state index is -0.234. The third-order valence-corrected chi connectivity index (χ3v) is 3.43. The van der Waals surface area contributed by atoms with Gasteiger partial charge in [0.05, 0.1) is 11.1 Å². The highest BCUT2D eigenvalue weighted by Gasteiger charge is 2.13. The average Bonchev–Trinajstić information content (AvgIpc) is 2.48. The maximum atomic E-state index is 12.4. The van der Waals surface area contributed by atoms with Gasteiger partial charge in [0.25, 0.3) is 5.56 Å². The lowest BCUT2D eigenvalue weighted by atomic mass is 10.1. The minimum Gasteiger partial charge on any atom is -0.281 e. The van der Waals surface area contributed by atoms with Crippen molar-refractivity contribution in [1.29, 1.82) is 5.26 Å². The van der Waals surface area contributed by atoms with Crippen LogP contribution >= 0.6 is 11.8 Å². The van der Waals surface area contributed by atoms with Gasteiger partial charge in [-0.25, -0.2) is 9.97 Å². The summed E-state index contributed by atoms with van der Waals surface area (Å²) in [5.41, 5.74) is 1.03. The lowest BCUT2D eigenvalue weighted by molar-refractivity contribution is 0.987. The molecule has 0 aliphatic rings. The molecule has 0 unspecified atom stereocenters. The number of aromatic nitrogens is 3. The van der Waals surface area contributed by atoms with Crippen LogP contribution in [0, 0.1) is 11.3 Å². The predicted octanol–water partition coefficient (Wildman–Crippen LogP) is 1.84. The molecule has 3 aromatic rings. The molecule has 0 spiro atoms. The lowest BCUT2D eigenvalue weighted by Gasteiger charge is -2.06. The van der Waals surface area contributed by atoms with Crippen LogP contribution in [-0.4, -0.2) is 20.6 Å². The second-order valence-electron chi connectivity index (χ2n) is 3.87. The molecule has 19 heavy (non-hydrogen) atoms. The highest BCUT2D eigenvalue weighted by atomic mass is 32.2. The summed E-state index contributed by atoms with van der Waals surface area (Å²) >= 11 is 1.36. The zero-order valence-electron chi connectivity index (χ0n) is 9.99. The summed E-state index contributed by atoms with van der Waals surface area (Å²) in [5.74, 6) is 0. The van der Waals surface area contributed by atoms with Crippen molar-refractivity contribution < 1.29 is 0 Å². The average molecular weight is 268 g/mol. The van der Waals surface area contributed by atoms with Crippen molar-refractivity contribution >= 4 is 28.2 Å². The van der Waals surface area contributed by atoms with Crippen LogP contribution in [0.5, 0.6) is 0 Å². The minimum absolute atomic E-state index is 0.234. The Balaban J connectivity index is 2.63. The number of hydrogen-bond donors (Lipinski definition) is 0. The highest BCUT2D eigenvalue weighted by molar-refractivity contribution is 7.98. The number of hydrogen-bond acceptors (Lipinski definition) is 5. The third-order valence-electron chi connectivity index (χ3n) is 2.87. The highest BCUT2D eigenvalue weighted by Crippen LogP contribution is 2.19. The molecule has 0 aromatic carbocycles. The second-order valence-corrected chi connectivity index (χ2v) is 4.64. The Labute approximate surface area is 112 Å². The SMILES string of the molecule is CSc1ncc2c(C#N)c3ccccn3c(=O)c2n1. The van der Waals surface area contributed by atoms with Crippen LogP contribution < -0.4 is 5.56 Å². The molecule has 0 aliphatic carbocycles. The molecular formula is C13H8N4OS. The molecule has 0 fully saturated rings. The molecule has 0 bridgehead atoms. The molecule has 6 heteroatoms. The molecule has 5 nitrogen and oxygen atoms in total. The van der Waals surface area contributed by atoms with Crippen molar-refractivity contribution in [2.24, 2.45) is 0 Å². The fourth-order valence-electron chi connectivity index (χ4n) is 2.00. The van der Waals surface area contributed by atoms with E-state index in [2.05, 4.69) is 16.0 Å². The smallest absolute Gasteiger partial charge is 0.281 e. The molecule has 0 radical (unpaired) electrons. The summed E-state index contributed by atoms with van der Waals surface area (Å²) in [6, 6.07) is 7.41. The van der Waals surface area contributed by atoms with Gasteiger partial charge in [0.15, 0.2) is 5.16 Å². The summed E-state index contributed by atoms with van der Waals surface area (Å²) < 4.78 is 1.44. The van der Waals surface area contributed by atoms with Gasteiger partial charge in [-0.2, -0.15) is 5.26 Å². The van der Waals surface area contributed by atoms with Gasteiger partial charge in [-0.3, -0.25) is 9.20 Å². The molecular weight excluding hydrogens is 260 g/mol. The quantitative estimate of drug-likeness (QED) is 0.382. The van der Waals surface area contributed by atoms with Crippen LogP contribution in [0.3, 0.4) is 0 Å². The van der Waals surface area contributed by atoms with Gasteiger partial charge in [-0.15, -0.1) is 0 Å². The normalized spacial score (nSPS) is 10.7. The fourth-order valence-corrected chi connectivity index (χ4v) is 2.34. The summed E-state index contributed by atoms with van der Waals surface area (Å²) in [6.07, 6.45) is 5.02. The number of thioether (sulfide) groups is 1. The fraction of sp³-hybridized carbons (Fsp3) is 0.0769. The summed E-state index contributed by atoms with van der Waals surface area (Å²) in [7, 11) is 0. The molecule has 0 aliphatic heterocycles. The Kier molecular flexibility index (Phi) is 2.69. The summed E-state index contributed by atoms with van der Waals surface area (Å²) in [6.45, 7) is 0. The van der Waals surface area contributed by atoms with Crippen molar-refractivity contribution in [2.45, 2.75) is 5.16 Å². The Morgan fingerprint density at radius 1 is 1.42 bits per heavy atom. The first-order chi connectivity index (χ1) is 9.26. The molecule has 3 rings (SSSR count). The zero-order valence-corrected chi connectivity index (χ0v) is 10.8. The molecule has 0 saturated carbocycles. The number of pyridine rings is 2. The van der Waals surface area contributed by atoms with E-state index in [1.165, 1.54) is 16.2 Å². The zero-order chi connectivity index (χ0) is 13.4. The van der Waals surface area contributed by atoms with Crippen molar-refractivity contribution in [3.8, 4) is 6.07 Å². The number of rotatable bonds is 1. The van der Waals surface area contributed by atoms with E-state index in [4.69, 9.17) is 0 Å². The van der Waals surface area contributed by atoms with E-state index in [9.17, 15) is 10.1 Å². The largest absolute Gasteiger partial charge is 0.281 e. The molecule has 92 valence electrons. The number of fused-ring (bicyclic) bond motifs is 2. The van der Waals surface area contributed by atoms with Crippen LogP contribution in [0.2, 0.25) is 0 Å². The van der Waals surface area contributed by atoms with E-state index in [1.54, 1.807) is 30.6 Å². The molecule has 0 atom stereocenters. The van der Waals surface area contributed by atoms with E-state index in [-0.39, 0.29) is 11.1 Å². The molecule has 0 saturated heterocycles. The Morgan fingerprint density at radius 2 is 2.26 bits per heavy atom. The van der Waals surface area contributed by atoms with Crippen molar-refractivity contribution in [3.05, 3.63) is 46.5 Å². The monoisotopic (exact) mass is 268 g/mol. The van der Waals surface area contributed by atoms with Crippen LogP contribution in [0.1, 0.15) is 5.56 Å². The van der Waals surface area contributed by atoms with Gasteiger partial charge < -0.3 is 0 Å². The van der Waals surface area contributed by atoms with Crippen LogP contribution in [0.4, 0.5) is 0 Å². The summed E-state index contributed by atoms with van der Waals surface area (Å²) in [4.78, 5) is 20.7. The first kappa shape index (κ1) is 11.7. The maximum Gasteiger partial charge on any atom is 0.281 e. The van der Waals surface area contributed by atoms with Gasteiger partial charge >= 0.3 is 0 Å². The van der Waals surface area contributed by atoms with Crippen molar-refractivity contribution in [1.82, 2.24) is 14.4 Å². The number of nitrogens with zero attached hydrogens (tertiary/aromatic N) is 4. The van der Waals surface area contributed by atoms with Gasteiger partial charge in [0.1, 0.15) is 11.6 Å². The van der Waals surface area contributed by atoms with Crippen molar-refractivity contribution in [3.63, 3.8) is 0 Å². The Bertz CT molecular complexity index is 895. The summed E-state index contributed by atoms with van der Waals surface area (Å²) in [5, 5.41) is 10.3. The predicted molar refractivity (Wildman–Crippen MR) is 73.3 cm³/mol. The van der Waals surface area contributed by atoms with Gasteiger partial charge in [-0.1, -0.05) is 17.8 Å². The Morgan fingerprint density at radius 3 is 3.00 bits per heavy atom. The van der Waals surface area contributed by atoms with Gasteiger partial charge in [-0.05, 0) is 18.4 Å². The Hall–Kier alpha value is -2.39. The third kappa shape index (κ3) is 1.67. The number of nitriles is 1. The van der Waals surface area contributed by atoms with E-state index in [0.29, 0.717) is 21.6 Å². The molecule has 3 aromatic heterocycles. The first-order valence-electron chi connectivity index (χ1n) is 5.50. The standard InChI is InChI=1S/C13H8N4OS/c1-19-13-15-7-9-8(6-14)10-4-2-3-5-17(10)12(18)11(9)16-13/h2-5,7H,1H3. The molecule has 3 heterocycles. The van der Waals surface area contributed by atoms with E-state index in [0.717, 1.165) is 0 Å².